The van der Waals surface area contributed by atoms with Gasteiger partial charge in [0.15, 0.2) is 12.4 Å². The van der Waals surface area contributed by atoms with E-state index in [-0.39, 0.29) is 6.61 Å². The number of carbonyl (C=O) groups excluding carboxylic acids is 1. The Balaban J connectivity index is 1.85. The molecule has 0 N–H and O–H groups in total. The summed E-state index contributed by atoms with van der Waals surface area (Å²) in [5, 5.41) is 20.7. The maximum absolute atomic E-state index is 12.6. The van der Waals surface area contributed by atoms with Crippen LogP contribution in [0.15, 0.2) is 48.5 Å². The van der Waals surface area contributed by atoms with E-state index in [0.29, 0.717) is 34.6 Å². The number of esters is 1. The number of aromatic nitrogens is 4. The van der Waals surface area contributed by atoms with Gasteiger partial charge in [-0.1, -0.05) is 43.3 Å². The Morgan fingerprint density at radius 1 is 1.15 bits per heavy atom. The van der Waals surface area contributed by atoms with Crippen LogP contribution in [0.2, 0.25) is 0 Å². The minimum Gasteiger partial charge on any atom is -0.454 e. The van der Waals surface area contributed by atoms with E-state index in [4.69, 9.17) is 4.74 Å². The largest absolute Gasteiger partial charge is 0.454 e. The quantitative estimate of drug-likeness (QED) is 0.636. The van der Waals surface area contributed by atoms with Gasteiger partial charge in [0.2, 0.25) is 0 Å². The van der Waals surface area contributed by atoms with Crippen molar-refractivity contribution in [2.75, 3.05) is 0 Å². The fraction of sp³-hybridized carbons (Fsp3) is 0.211. The van der Waals surface area contributed by atoms with Crippen molar-refractivity contribution in [3.63, 3.8) is 0 Å². The van der Waals surface area contributed by atoms with E-state index in [0.717, 1.165) is 6.42 Å². The van der Waals surface area contributed by atoms with E-state index in [9.17, 15) is 10.1 Å². The number of nitrogens with zero attached hydrogens (tertiary/aromatic N) is 5. The zero-order chi connectivity index (χ0) is 18.4. The maximum Gasteiger partial charge on any atom is 0.339 e. The summed E-state index contributed by atoms with van der Waals surface area (Å²) < 4.78 is 7.03. The minimum atomic E-state index is -0.487. The average Bonchev–Trinajstić information content (AvgIpc) is 3.13. The highest BCUT2D eigenvalue weighted by Crippen LogP contribution is 2.27. The lowest BCUT2D eigenvalue weighted by molar-refractivity contribution is 0.0457. The minimum absolute atomic E-state index is 0.0138. The van der Waals surface area contributed by atoms with Crippen LogP contribution in [-0.4, -0.2) is 26.2 Å². The van der Waals surface area contributed by atoms with Crippen molar-refractivity contribution in [3.05, 3.63) is 65.5 Å². The molecule has 3 rings (SSSR count). The molecule has 0 amide bonds. The second kappa shape index (κ2) is 8.03. The second-order valence-electron chi connectivity index (χ2n) is 5.60. The number of nitriles is 1. The van der Waals surface area contributed by atoms with Gasteiger partial charge in [-0.2, -0.15) is 5.26 Å². The number of carbonyl (C=O) groups is 1. The maximum atomic E-state index is 12.6. The first-order chi connectivity index (χ1) is 12.7. The molecule has 0 unspecified atom stereocenters. The third-order valence-corrected chi connectivity index (χ3v) is 3.86. The molecule has 7 heteroatoms. The summed E-state index contributed by atoms with van der Waals surface area (Å²) in [6.07, 6.45) is 0.875. The molecule has 0 bridgehead atoms. The predicted octanol–water partition coefficient (Wildman–Crippen LogP) is 2.98. The number of hydrogen-bond donors (Lipinski definition) is 0. The van der Waals surface area contributed by atoms with Crippen molar-refractivity contribution >= 4 is 5.97 Å². The van der Waals surface area contributed by atoms with Crippen LogP contribution < -0.4 is 0 Å². The van der Waals surface area contributed by atoms with Gasteiger partial charge in [-0.05, 0) is 34.5 Å². The molecular formula is C19H17N5O2. The summed E-state index contributed by atoms with van der Waals surface area (Å²) >= 11 is 0. The summed E-state index contributed by atoms with van der Waals surface area (Å²) in [5.41, 5.74) is 2.24. The SMILES string of the molecule is CCCn1nnnc1COC(=O)c1ccccc1-c1ccccc1C#N. The monoisotopic (exact) mass is 347 g/mol. The van der Waals surface area contributed by atoms with E-state index in [1.54, 1.807) is 35.0 Å². The molecule has 0 aliphatic carbocycles. The lowest BCUT2D eigenvalue weighted by Gasteiger charge is -2.11. The Hall–Kier alpha value is -3.53. The van der Waals surface area contributed by atoms with Gasteiger partial charge >= 0.3 is 5.97 Å². The summed E-state index contributed by atoms with van der Waals surface area (Å²) in [4.78, 5) is 12.6. The Kier molecular flexibility index (Phi) is 5.34. The first-order valence-corrected chi connectivity index (χ1v) is 8.25. The third-order valence-electron chi connectivity index (χ3n) is 3.86. The van der Waals surface area contributed by atoms with Crippen molar-refractivity contribution in [2.45, 2.75) is 26.5 Å². The van der Waals surface area contributed by atoms with Gasteiger partial charge in [-0.15, -0.1) is 5.10 Å². The number of hydrogen-bond acceptors (Lipinski definition) is 6. The van der Waals surface area contributed by atoms with E-state index in [2.05, 4.69) is 21.6 Å². The van der Waals surface area contributed by atoms with Gasteiger partial charge in [-0.25, -0.2) is 9.48 Å². The molecule has 0 fully saturated rings. The molecule has 0 atom stereocenters. The third kappa shape index (κ3) is 3.59. The zero-order valence-corrected chi connectivity index (χ0v) is 14.3. The van der Waals surface area contributed by atoms with Crippen LogP contribution in [0.4, 0.5) is 0 Å². The number of ether oxygens (including phenoxy) is 1. The molecule has 0 radical (unpaired) electrons. The van der Waals surface area contributed by atoms with Crippen LogP contribution in [-0.2, 0) is 17.9 Å². The average molecular weight is 347 g/mol. The molecule has 0 saturated carbocycles. The number of tetrazole rings is 1. The highest BCUT2D eigenvalue weighted by Gasteiger charge is 2.17. The molecule has 0 aliphatic heterocycles. The lowest BCUT2D eigenvalue weighted by Crippen LogP contribution is -2.11. The summed E-state index contributed by atoms with van der Waals surface area (Å²) in [5.74, 6) is 0.00879. The Morgan fingerprint density at radius 2 is 1.88 bits per heavy atom. The molecule has 7 nitrogen and oxygen atoms in total. The molecule has 0 aliphatic rings. The lowest BCUT2D eigenvalue weighted by atomic mass is 9.96. The van der Waals surface area contributed by atoms with Crippen molar-refractivity contribution in [1.29, 1.82) is 5.26 Å². The number of rotatable bonds is 6. The van der Waals surface area contributed by atoms with Gasteiger partial charge in [-0.3, -0.25) is 0 Å². The summed E-state index contributed by atoms with van der Waals surface area (Å²) in [7, 11) is 0. The summed E-state index contributed by atoms with van der Waals surface area (Å²) in [6.45, 7) is 2.66. The molecule has 0 spiro atoms. The smallest absolute Gasteiger partial charge is 0.339 e. The molecule has 1 heterocycles. The second-order valence-corrected chi connectivity index (χ2v) is 5.60. The van der Waals surface area contributed by atoms with E-state index in [1.807, 2.05) is 25.1 Å². The van der Waals surface area contributed by atoms with Crippen LogP contribution in [0.3, 0.4) is 0 Å². The number of aryl methyl sites for hydroxylation is 1. The Bertz CT molecular complexity index is 958. The Labute approximate surface area is 150 Å². The van der Waals surface area contributed by atoms with Crippen LogP contribution in [0.1, 0.15) is 35.1 Å². The zero-order valence-electron chi connectivity index (χ0n) is 14.3. The van der Waals surface area contributed by atoms with Gasteiger partial charge in [0.05, 0.1) is 17.2 Å². The molecule has 26 heavy (non-hydrogen) atoms. The highest BCUT2D eigenvalue weighted by atomic mass is 16.5. The van der Waals surface area contributed by atoms with Crippen LogP contribution >= 0.6 is 0 Å². The highest BCUT2D eigenvalue weighted by molar-refractivity contribution is 5.98. The number of benzene rings is 2. The molecule has 1 aromatic heterocycles. The van der Waals surface area contributed by atoms with Crippen LogP contribution in [0.5, 0.6) is 0 Å². The molecule has 3 aromatic rings. The van der Waals surface area contributed by atoms with Crippen molar-refractivity contribution in [1.82, 2.24) is 20.2 Å². The predicted molar refractivity (Wildman–Crippen MR) is 93.8 cm³/mol. The van der Waals surface area contributed by atoms with Crippen LogP contribution in [0, 0.1) is 11.3 Å². The molecular weight excluding hydrogens is 330 g/mol. The fourth-order valence-corrected chi connectivity index (χ4v) is 2.63. The summed E-state index contributed by atoms with van der Waals surface area (Å²) in [6, 6.07) is 16.4. The standard InChI is InChI=1S/C19H17N5O2/c1-2-11-24-18(21-22-23-24)13-26-19(25)17-10-6-5-9-16(17)15-8-4-3-7-14(15)12-20/h3-10H,2,11,13H2,1H3. The molecule has 0 saturated heterocycles. The van der Waals surface area contributed by atoms with Crippen molar-refractivity contribution < 1.29 is 9.53 Å². The van der Waals surface area contributed by atoms with Gasteiger partial charge < -0.3 is 4.74 Å². The first-order valence-electron chi connectivity index (χ1n) is 8.25. The normalized spacial score (nSPS) is 10.3. The fourth-order valence-electron chi connectivity index (χ4n) is 2.63. The van der Waals surface area contributed by atoms with E-state index in [1.165, 1.54) is 0 Å². The molecule has 130 valence electrons. The van der Waals surface area contributed by atoms with Crippen LogP contribution in [0.25, 0.3) is 11.1 Å². The van der Waals surface area contributed by atoms with Crippen molar-refractivity contribution in [2.24, 2.45) is 0 Å². The van der Waals surface area contributed by atoms with Crippen molar-refractivity contribution in [3.8, 4) is 17.2 Å². The molecule has 2 aromatic carbocycles. The Morgan fingerprint density at radius 3 is 2.65 bits per heavy atom. The van der Waals surface area contributed by atoms with Gasteiger partial charge in [0, 0.05) is 12.1 Å². The van der Waals surface area contributed by atoms with E-state index < -0.39 is 5.97 Å². The first kappa shape index (κ1) is 17.3. The van der Waals surface area contributed by atoms with Gasteiger partial charge in [0.25, 0.3) is 0 Å². The topological polar surface area (TPSA) is 93.7 Å². The van der Waals surface area contributed by atoms with Gasteiger partial charge in [0.1, 0.15) is 0 Å². The van der Waals surface area contributed by atoms with E-state index >= 15 is 0 Å².